The summed E-state index contributed by atoms with van der Waals surface area (Å²) in [6.45, 7) is 4.57. The Hall–Kier alpha value is -2.84. The fraction of sp³-hybridized carbons (Fsp3) is 0.167. The molecular formula is C18H18N4O3S. The highest BCUT2D eigenvalue weighted by molar-refractivity contribution is 7.99. The van der Waals surface area contributed by atoms with Gasteiger partial charge >= 0.3 is 0 Å². The van der Waals surface area contributed by atoms with Gasteiger partial charge in [0.2, 0.25) is 5.82 Å². The fourth-order valence-corrected chi connectivity index (χ4v) is 2.95. The number of nitrogens with zero attached hydrogens (tertiary/aromatic N) is 3. The molecule has 0 spiro atoms. The third kappa shape index (κ3) is 4.62. The van der Waals surface area contributed by atoms with Gasteiger partial charge in [-0.05, 0) is 17.7 Å². The summed E-state index contributed by atoms with van der Waals surface area (Å²) in [6, 6.07) is 13.2. The molecule has 0 saturated heterocycles. The molecule has 2 heterocycles. The number of carbonyl (C=O) groups is 1. The van der Waals surface area contributed by atoms with Crippen LogP contribution in [0.5, 0.6) is 0 Å². The van der Waals surface area contributed by atoms with E-state index in [1.165, 1.54) is 11.8 Å². The highest BCUT2D eigenvalue weighted by Crippen LogP contribution is 2.24. The Balaban J connectivity index is 1.54. The zero-order valence-electron chi connectivity index (χ0n) is 14.0. The first-order valence-electron chi connectivity index (χ1n) is 7.93. The second-order valence-corrected chi connectivity index (χ2v) is 6.21. The van der Waals surface area contributed by atoms with Gasteiger partial charge in [-0.1, -0.05) is 48.2 Å². The van der Waals surface area contributed by atoms with Gasteiger partial charge in [0.25, 0.3) is 5.91 Å². The zero-order chi connectivity index (χ0) is 18.2. The number of thioether (sulfide) groups is 1. The van der Waals surface area contributed by atoms with Gasteiger partial charge in [-0.3, -0.25) is 14.2 Å². The summed E-state index contributed by atoms with van der Waals surface area (Å²) >= 11 is 1.27. The lowest BCUT2D eigenvalue weighted by atomic mass is 10.2. The monoisotopic (exact) mass is 370 g/mol. The maximum absolute atomic E-state index is 12.0. The molecule has 0 fully saturated rings. The Bertz CT molecular complexity index is 847. The standard InChI is InChI=1S/C18H18N4O3S/c1-2-10-22-17(15-9-6-11-24-15)19-20-18(22)26-13-16(23)21-25-12-14-7-4-3-5-8-14/h2-9,11H,1,10,12-13H2,(H,21,23). The maximum atomic E-state index is 12.0. The summed E-state index contributed by atoms with van der Waals surface area (Å²) in [5.74, 6) is 1.11. The van der Waals surface area contributed by atoms with Crippen LogP contribution in [0.2, 0.25) is 0 Å². The van der Waals surface area contributed by atoms with Crippen LogP contribution in [0.15, 0.2) is 71.0 Å². The molecule has 8 heteroatoms. The number of rotatable bonds is 9. The summed E-state index contributed by atoms with van der Waals surface area (Å²) in [5, 5.41) is 8.89. The van der Waals surface area contributed by atoms with Crippen molar-refractivity contribution in [3.8, 4) is 11.6 Å². The van der Waals surface area contributed by atoms with Crippen molar-refractivity contribution in [3.05, 3.63) is 66.9 Å². The highest BCUT2D eigenvalue weighted by atomic mass is 32.2. The highest BCUT2D eigenvalue weighted by Gasteiger charge is 2.16. The van der Waals surface area contributed by atoms with Crippen LogP contribution in [-0.2, 0) is 22.8 Å². The number of amides is 1. The van der Waals surface area contributed by atoms with Crippen molar-refractivity contribution < 1.29 is 14.0 Å². The van der Waals surface area contributed by atoms with Gasteiger partial charge in [-0.25, -0.2) is 5.48 Å². The molecule has 0 radical (unpaired) electrons. The van der Waals surface area contributed by atoms with E-state index < -0.39 is 0 Å². The van der Waals surface area contributed by atoms with Gasteiger partial charge < -0.3 is 4.42 Å². The number of nitrogens with one attached hydrogen (secondary N) is 1. The fourth-order valence-electron chi connectivity index (χ4n) is 2.21. The van der Waals surface area contributed by atoms with Crippen LogP contribution in [0, 0.1) is 0 Å². The molecule has 7 nitrogen and oxygen atoms in total. The lowest BCUT2D eigenvalue weighted by Crippen LogP contribution is -2.25. The summed E-state index contributed by atoms with van der Waals surface area (Å²) in [7, 11) is 0. The van der Waals surface area contributed by atoms with E-state index >= 15 is 0 Å². The van der Waals surface area contributed by atoms with E-state index in [9.17, 15) is 4.79 Å². The second kappa shape index (κ2) is 9.02. The quantitative estimate of drug-likeness (QED) is 0.354. The Morgan fingerprint density at radius 1 is 1.27 bits per heavy atom. The van der Waals surface area contributed by atoms with Crippen LogP contribution < -0.4 is 5.48 Å². The molecule has 0 unspecified atom stereocenters. The van der Waals surface area contributed by atoms with Gasteiger partial charge in [0.05, 0.1) is 18.6 Å². The molecule has 1 amide bonds. The molecule has 1 aromatic carbocycles. The molecular weight excluding hydrogens is 352 g/mol. The van der Waals surface area contributed by atoms with Crippen LogP contribution in [0.25, 0.3) is 11.6 Å². The van der Waals surface area contributed by atoms with Gasteiger partial charge in [0, 0.05) is 6.54 Å². The summed E-state index contributed by atoms with van der Waals surface area (Å²) in [6.07, 6.45) is 3.31. The van der Waals surface area contributed by atoms with E-state index in [-0.39, 0.29) is 11.7 Å². The molecule has 2 aromatic heterocycles. The molecule has 134 valence electrons. The maximum Gasteiger partial charge on any atom is 0.254 e. The SMILES string of the molecule is C=CCn1c(SCC(=O)NOCc2ccccc2)nnc1-c1ccco1. The number of carbonyl (C=O) groups excluding carboxylic acids is 1. The van der Waals surface area contributed by atoms with Crippen LogP contribution in [0.4, 0.5) is 0 Å². The second-order valence-electron chi connectivity index (χ2n) is 5.27. The molecule has 0 aliphatic rings. The minimum absolute atomic E-state index is 0.155. The zero-order valence-corrected chi connectivity index (χ0v) is 14.8. The van der Waals surface area contributed by atoms with Gasteiger partial charge in [0.15, 0.2) is 10.9 Å². The molecule has 26 heavy (non-hydrogen) atoms. The van der Waals surface area contributed by atoms with E-state index in [1.807, 2.05) is 41.0 Å². The molecule has 0 saturated carbocycles. The van der Waals surface area contributed by atoms with E-state index in [0.29, 0.717) is 29.9 Å². The molecule has 0 aliphatic heterocycles. The average Bonchev–Trinajstić information content (AvgIpc) is 3.31. The minimum Gasteiger partial charge on any atom is -0.461 e. The number of benzene rings is 1. The Labute approximate surface area is 155 Å². The Kier molecular flexibility index (Phi) is 6.24. The van der Waals surface area contributed by atoms with E-state index in [4.69, 9.17) is 9.25 Å². The molecule has 1 N–H and O–H groups in total. The minimum atomic E-state index is -0.251. The lowest BCUT2D eigenvalue weighted by molar-refractivity contribution is -0.131. The lowest BCUT2D eigenvalue weighted by Gasteiger charge is -2.07. The third-order valence-electron chi connectivity index (χ3n) is 3.37. The average molecular weight is 370 g/mol. The number of aromatic nitrogens is 3. The van der Waals surface area contributed by atoms with Crippen molar-refractivity contribution in [2.24, 2.45) is 0 Å². The first-order valence-corrected chi connectivity index (χ1v) is 8.92. The first kappa shape index (κ1) is 18.0. The largest absolute Gasteiger partial charge is 0.461 e. The van der Waals surface area contributed by atoms with Crippen LogP contribution in [-0.4, -0.2) is 26.4 Å². The van der Waals surface area contributed by atoms with Crippen LogP contribution in [0.3, 0.4) is 0 Å². The number of hydroxylamine groups is 1. The molecule has 3 aromatic rings. The topological polar surface area (TPSA) is 82.2 Å². The van der Waals surface area contributed by atoms with Crippen molar-refractivity contribution in [1.82, 2.24) is 20.2 Å². The van der Waals surface area contributed by atoms with E-state index in [1.54, 1.807) is 18.4 Å². The van der Waals surface area contributed by atoms with E-state index in [0.717, 1.165) is 5.56 Å². The third-order valence-corrected chi connectivity index (χ3v) is 4.34. The smallest absolute Gasteiger partial charge is 0.254 e. The molecule has 0 bridgehead atoms. The summed E-state index contributed by atoms with van der Waals surface area (Å²) in [5.41, 5.74) is 3.41. The number of hydrogen-bond acceptors (Lipinski definition) is 6. The predicted octanol–water partition coefficient (Wildman–Crippen LogP) is 3.06. The van der Waals surface area contributed by atoms with Crippen molar-refractivity contribution in [2.45, 2.75) is 18.3 Å². The van der Waals surface area contributed by atoms with Gasteiger partial charge in [0.1, 0.15) is 0 Å². The molecule has 0 atom stereocenters. The number of allylic oxidation sites excluding steroid dienone is 1. The number of hydrogen-bond donors (Lipinski definition) is 1. The van der Waals surface area contributed by atoms with Crippen molar-refractivity contribution in [2.75, 3.05) is 5.75 Å². The Morgan fingerprint density at radius 3 is 2.85 bits per heavy atom. The first-order chi connectivity index (χ1) is 12.8. The van der Waals surface area contributed by atoms with Gasteiger partial charge in [-0.2, -0.15) is 0 Å². The normalized spacial score (nSPS) is 10.6. The van der Waals surface area contributed by atoms with Crippen molar-refractivity contribution in [3.63, 3.8) is 0 Å². The summed E-state index contributed by atoms with van der Waals surface area (Å²) in [4.78, 5) is 17.2. The van der Waals surface area contributed by atoms with Gasteiger partial charge in [-0.15, -0.1) is 16.8 Å². The van der Waals surface area contributed by atoms with Crippen LogP contribution >= 0.6 is 11.8 Å². The van der Waals surface area contributed by atoms with Crippen LogP contribution in [0.1, 0.15) is 5.56 Å². The van der Waals surface area contributed by atoms with E-state index in [2.05, 4.69) is 22.3 Å². The predicted molar refractivity (Wildman–Crippen MR) is 98.0 cm³/mol. The Morgan fingerprint density at radius 2 is 2.12 bits per heavy atom. The van der Waals surface area contributed by atoms with Crippen molar-refractivity contribution >= 4 is 17.7 Å². The number of furan rings is 1. The summed E-state index contributed by atoms with van der Waals surface area (Å²) < 4.78 is 7.22. The van der Waals surface area contributed by atoms with Crippen molar-refractivity contribution in [1.29, 1.82) is 0 Å². The molecule has 3 rings (SSSR count). The molecule has 0 aliphatic carbocycles.